The van der Waals surface area contributed by atoms with Crippen LogP contribution in [-0.4, -0.2) is 36.8 Å². The highest BCUT2D eigenvalue weighted by Crippen LogP contribution is 2.28. The minimum absolute atomic E-state index is 0.0462. The van der Waals surface area contributed by atoms with Gasteiger partial charge in [-0.1, -0.05) is 6.07 Å². The maximum atomic E-state index is 12.5. The van der Waals surface area contributed by atoms with Crippen LogP contribution in [-0.2, 0) is 10.0 Å². The molecule has 20 heavy (non-hydrogen) atoms. The van der Waals surface area contributed by atoms with Gasteiger partial charge in [-0.25, -0.2) is 8.42 Å². The summed E-state index contributed by atoms with van der Waals surface area (Å²) in [4.78, 5) is 10.3. The quantitative estimate of drug-likeness (QED) is 0.659. The number of nitrogens with zero attached hydrogens (tertiary/aromatic N) is 2. The molecule has 0 aliphatic carbocycles. The van der Waals surface area contributed by atoms with Crippen molar-refractivity contribution in [2.75, 3.05) is 13.1 Å². The van der Waals surface area contributed by atoms with E-state index in [9.17, 15) is 18.5 Å². The van der Waals surface area contributed by atoms with Gasteiger partial charge in [0.05, 0.1) is 9.82 Å². The second-order valence-electron chi connectivity index (χ2n) is 4.85. The van der Waals surface area contributed by atoms with E-state index in [-0.39, 0.29) is 23.2 Å². The van der Waals surface area contributed by atoms with Gasteiger partial charge in [0, 0.05) is 30.8 Å². The molecule has 110 valence electrons. The molecular formula is C12H17N3O4S. The van der Waals surface area contributed by atoms with E-state index >= 15 is 0 Å². The van der Waals surface area contributed by atoms with E-state index < -0.39 is 14.9 Å². The fourth-order valence-electron chi connectivity index (χ4n) is 2.44. The van der Waals surface area contributed by atoms with Gasteiger partial charge in [-0.15, -0.1) is 0 Å². The predicted molar refractivity (Wildman–Crippen MR) is 73.8 cm³/mol. The molecule has 0 spiro atoms. The second kappa shape index (κ2) is 5.47. The highest BCUT2D eigenvalue weighted by molar-refractivity contribution is 7.89. The fourth-order valence-corrected chi connectivity index (χ4v) is 4.17. The van der Waals surface area contributed by atoms with Crippen LogP contribution >= 0.6 is 0 Å². The van der Waals surface area contributed by atoms with Crippen molar-refractivity contribution in [1.82, 2.24) is 4.31 Å². The van der Waals surface area contributed by atoms with Crippen LogP contribution < -0.4 is 5.73 Å². The summed E-state index contributed by atoms with van der Waals surface area (Å²) in [5.41, 5.74) is 5.84. The second-order valence-corrected chi connectivity index (χ2v) is 6.74. The molecule has 2 N–H and O–H groups in total. The van der Waals surface area contributed by atoms with Gasteiger partial charge in [0.1, 0.15) is 0 Å². The van der Waals surface area contributed by atoms with E-state index in [2.05, 4.69) is 0 Å². The summed E-state index contributed by atoms with van der Waals surface area (Å²) in [6.45, 7) is 2.24. The number of aryl methyl sites for hydroxylation is 1. The Morgan fingerprint density at radius 2 is 2.20 bits per heavy atom. The first-order valence-corrected chi connectivity index (χ1v) is 7.79. The first-order chi connectivity index (χ1) is 9.37. The van der Waals surface area contributed by atoms with Gasteiger partial charge in [0.2, 0.25) is 10.0 Å². The summed E-state index contributed by atoms with van der Waals surface area (Å²) in [7, 11) is -3.72. The van der Waals surface area contributed by atoms with Crippen LogP contribution in [0, 0.1) is 17.0 Å². The van der Waals surface area contributed by atoms with Crippen molar-refractivity contribution in [2.24, 2.45) is 5.73 Å². The molecular weight excluding hydrogens is 282 g/mol. The molecule has 0 radical (unpaired) electrons. The number of rotatable bonds is 4. The lowest BCUT2D eigenvalue weighted by Gasteiger charge is -2.22. The monoisotopic (exact) mass is 299 g/mol. The number of nitrogens with two attached hydrogens (primary N) is 1. The lowest BCUT2D eigenvalue weighted by Crippen LogP contribution is -2.39. The lowest BCUT2D eigenvalue weighted by molar-refractivity contribution is -0.385. The highest BCUT2D eigenvalue weighted by Gasteiger charge is 2.35. The van der Waals surface area contributed by atoms with Crippen LogP contribution in [0.3, 0.4) is 0 Å². The molecule has 0 aromatic heterocycles. The summed E-state index contributed by atoms with van der Waals surface area (Å²) in [6.07, 6.45) is 1.48. The molecule has 0 amide bonds. The van der Waals surface area contributed by atoms with E-state index in [1.165, 1.54) is 16.4 Å². The standard InChI is InChI=1S/C12H17N3O4S/c1-9-4-5-11(7-12(9)15(16)17)20(18,19)14-6-2-3-10(14)8-13/h4-5,7,10H,2-3,6,8,13H2,1H3. The van der Waals surface area contributed by atoms with Gasteiger partial charge in [0.25, 0.3) is 5.69 Å². The Morgan fingerprint density at radius 1 is 1.50 bits per heavy atom. The lowest BCUT2D eigenvalue weighted by atomic mass is 10.2. The maximum Gasteiger partial charge on any atom is 0.273 e. The van der Waals surface area contributed by atoms with Crippen molar-refractivity contribution in [3.63, 3.8) is 0 Å². The molecule has 1 aromatic carbocycles. The van der Waals surface area contributed by atoms with Crippen LogP contribution in [0.2, 0.25) is 0 Å². The fraction of sp³-hybridized carbons (Fsp3) is 0.500. The van der Waals surface area contributed by atoms with Crippen LogP contribution in [0.25, 0.3) is 0 Å². The number of hydrogen-bond acceptors (Lipinski definition) is 5. The van der Waals surface area contributed by atoms with Crippen molar-refractivity contribution >= 4 is 15.7 Å². The van der Waals surface area contributed by atoms with E-state index in [1.54, 1.807) is 6.92 Å². The molecule has 1 aliphatic rings. The summed E-state index contributed by atoms with van der Waals surface area (Å²) in [5, 5.41) is 10.9. The van der Waals surface area contributed by atoms with E-state index in [0.29, 0.717) is 12.1 Å². The Bertz CT molecular complexity index is 630. The molecule has 1 fully saturated rings. The van der Waals surface area contributed by atoms with Crippen LogP contribution in [0.15, 0.2) is 23.1 Å². The van der Waals surface area contributed by atoms with Gasteiger partial charge in [-0.2, -0.15) is 4.31 Å². The average molecular weight is 299 g/mol. The normalized spacial score (nSPS) is 20.2. The third-order valence-electron chi connectivity index (χ3n) is 3.58. The zero-order valence-corrected chi connectivity index (χ0v) is 12.0. The molecule has 0 bridgehead atoms. The third kappa shape index (κ3) is 2.54. The van der Waals surface area contributed by atoms with Crippen LogP contribution in [0.5, 0.6) is 0 Å². The highest BCUT2D eigenvalue weighted by atomic mass is 32.2. The van der Waals surface area contributed by atoms with Crippen molar-refractivity contribution < 1.29 is 13.3 Å². The first-order valence-electron chi connectivity index (χ1n) is 6.35. The Kier molecular flexibility index (Phi) is 4.07. The average Bonchev–Trinajstić information content (AvgIpc) is 2.87. The molecule has 1 unspecified atom stereocenters. The molecule has 1 atom stereocenters. The Hall–Kier alpha value is -1.51. The summed E-state index contributed by atoms with van der Waals surface area (Å²) in [6, 6.07) is 3.76. The SMILES string of the molecule is Cc1ccc(S(=O)(=O)N2CCCC2CN)cc1[N+](=O)[O-]. The van der Waals surface area contributed by atoms with Gasteiger partial charge in [-0.3, -0.25) is 10.1 Å². The number of sulfonamides is 1. The van der Waals surface area contributed by atoms with Gasteiger partial charge < -0.3 is 5.73 Å². The number of nitro groups is 1. The summed E-state index contributed by atoms with van der Waals surface area (Å²) < 4.78 is 26.4. The first kappa shape index (κ1) is 14.9. The van der Waals surface area contributed by atoms with Crippen molar-refractivity contribution in [2.45, 2.75) is 30.7 Å². The molecule has 1 heterocycles. The Morgan fingerprint density at radius 3 is 2.80 bits per heavy atom. The summed E-state index contributed by atoms with van der Waals surface area (Å²) in [5.74, 6) is 0. The minimum Gasteiger partial charge on any atom is -0.329 e. The van der Waals surface area contributed by atoms with Crippen molar-refractivity contribution in [1.29, 1.82) is 0 Å². The summed E-state index contributed by atoms with van der Waals surface area (Å²) >= 11 is 0. The van der Waals surface area contributed by atoms with Gasteiger partial charge >= 0.3 is 0 Å². The van der Waals surface area contributed by atoms with Gasteiger partial charge in [-0.05, 0) is 25.8 Å². The van der Waals surface area contributed by atoms with Gasteiger partial charge in [0.15, 0.2) is 0 Å². The Labute approximate surface area is 117 Å². The van der Waals surface area contributed by atoms with E-state index in [1.807, 2.05) is 0 Å². The zero-order chi connectivity index (χ0) is 14.9. The zero-order valence-electron chi connectivity index (χ0n) is 11.2. The number of nitro benzene ring substituents is 1. The number of benzene rings is 1. The topological polar surface area (TPSA) is 107 Å². The molecule has 0 saturated carbocycles. The van der Waals surface area contributed by atoms with Crippen molar-refractivity contribution in [3.8, 4) is 0 Å². The molecule has 2 rings (SSSR count). The number of hydrogen-bond donors (Lipinski definition) is 1. The largest absolute Gasteiger partial charge is 0.329 e. The van der Waals surface area contributed by atoms with Crippen LogP contribution in [0.1, 0.15) is 18.4 Å². The Balaban J connectivity index is 2.44. The molecule has 8 heteroatoms. The third-order valence-corrected chi connectivity index (χ3v) is 5.53. The minimum atomic E-state index is -3.72. The molecule has 1 aromatic rings. The molecule has 1 aliphatic heterocycles. The maximum absolute atomic E-state index is 12.5. The van der Waals surface area contributed by atoms with E-state index in [0.717, 1.165) is 18.9 Å². The van der Waals surface area contributed by atoms with Crippen LogP contribution in [0.4, 0.5) is 5.69 Å². The molecule has 1 saturated heterocycles. The predicted octanol–water partition coefficient (Wildman–Crippen LogP) is 1.02. The smallest absolute Gasteiger partial charge is 0.273 e. The molecule has 7 nitrogen and oxygen atoms in total. The van der Waals surface area contributed by atoms with Crippen molar-refractivity contribution in [3.05, 3.63) is 33.9 Å². The van der Waals surface area contributed by atoms with E-state index in [4.69, 9.17) is 5.73 Å².